The monoisotopic (exact) mass is 251 g/mol. The number of hydrogen-bond donors (Lipinski definition) is 3. The van der Waals surface area contributed by atoms with Crippen LogP contribution in [0.1, 0.15) is 24.9 Å². The Balaban J connectivity index is 2.47. The molecule has 1 aromatic heterocycles. The van der Waals surface area contributed by atoms with Crippen molar-refractivity contribution < 1.29 is 4.74 Å². The van der Waals surface area contributed by atoms with Gasteiger partial charge in [-0.25, -0.2) is 5.84 Å². The average Bonchev–Trinajstić information content (AvgIpc) is 2.43. The van der Waals surface area contributed by atoms with E-state index in [0.29, 0.717) is 19.1 Å². The highest BCUT2D eigenvalue weighted by Crippen LogP contribution is 2.08. The van der Waals surface area contributed by atoms with Crippen molar-refractivity contribution in [1.82, 2.24) is 15.7 Å². The summed E-state index contributed by atoms with van der Waals surface area (Å²) >= 11 is 0. The molecule has 0 aliphatic carbocycles. The number of hydrazine groups is 1. The molecule has 18 heavy (non-hydrogen) atoms. The Morgan fingerprint density at radius 3 is 3.06 bits per heavy atom. The van der Waals surface area contributed by atoms with Crippen molar-refractivity contribution in [3.8, 4) is 0 Å². The fraction of sp³-hybridized carbons (Fsp3) is 0.500. The Bertz CT molecular complexity index is 355. The first-order chi connectivity index (χ1) is 8.77. The predicted octanol–water partition coefficient (Wildman–Crippen LogP) is 0.588. The third-order valence-electron chi connectivity index (χ3n) is 2.45. The minimum Gasteiger partial charge on any atom is -0.385 e. The van der Waals surface area contributed by atoms with Gasteiger partial charge in [0.1, 0.15) is 0 Å². The van der Waals surface area contributed by atoms with E-state index in [1.165, 1.54) is 0 Å². The van der Waals surface area contributed by atoms with Gasteiger partial charge in [-0.1, -0.05) is 6.07 Å². The first-order valence-corrected chi connectivity index (χ1v) is 5.94. The van der Waals surface area contributed by atoms with Crippen LogP contribution in [0.15, 0.2) is 29.5 Å². The predicted molar refractivity (Wildman–Crippen MR) is 71.9 cm³/mol. The number of hydrogen-bond acceptors (Lipinski definition) is 4. The molecule has 1 aromatic rings. The molecule has 0 aromatic carbocycles. The molecule has 0 spiro atoms. The van der Waals surface area contributed by atoms with E-state index in [9.17, 15) is 0 Å². The summed E-state index contributed by atoms with van der Waals surface area (Å²) in [5.74, 6) is 6.00. The number of pyridine rings is 1. The van der Waals surface area contributed by atoms with Crippen LogP contribution in [0, 0.1) is 0 Å². The zero-order valence-corrected chi connectivity index (χ0v) is 10.9. The van der Waals surface area contributed by atoms with Gasteiger partial charge < -0.3 is 10.1 Å². The molecule has 0 bridgehead atoms. The Kier molecular flexibility index (Phi) is 6.75. The van der Waals surface area contributed by atoms with Gasteiger partial charge in [0.05, 0.1) is 6.04 Å². The minimum absolute atomic E-state index is 0.0934. The topological polar surface area (TPSA) is 84.6 Å². The minimum atomic E-state index is 0.0934. The molecule has 4 N–H and O–H groups in total. The Morgan fingerprint density at radius 2 is 2.44 bits per heavy atom. The molecule has 0 saturated heterocycles. The lowest BCUT2D eigenvalue weighted by Gasteiger charge is -2.16. The maximum atomic E-state index is 5.42. The molecule has 6 nitrogen and oxygen atoms in total. The van der Waals surface area contributed by atoms with Crippen molar-refractivity contribution in [3.63, 3.8) is 0 Å². The standard InChI is InChI=1S/C12H21N5O/c1-10(11-5-3-6-14-9-11)16-12(17-13)15-7-4-8-18-2/h3,5-6,9-10H,4,7-8,13H2,1-2H3,(H2,15,16,17). The van der Waals surface area contributed by atoms with E-state index >= 15 is 0 Å². The number of nitrogens with two attached hydrogens (primary N) is 1. The van der Waals surface area contributed by atoms with E-state index in [4.69, 9.17) is 10.6 Å². The first-order valence-electron chi connectivity index (χ1n) is 5.94. The smallest absolute Gasteiger partial charge is 0.206 e. The van der Waals surface area contributed by atoms with Crippen LogP contribution < -0.4 is 16.6 Å². The van der Waals surface area contributed by atoms with Crippen molar-refractivity contribution in [3.05, 3.63) is 30.1 Å². The Labute approximate surface area is 108 Å². The summed E-state index contributed by atoms with van der Waals surface area (Å²) in [6.07, 6.45) is 4.43. The SMILES string of the molecule is COCCCN=C(NN)NC(C)c1cccnc1. The fourth-order valence-electron chi connectivity index (χ4n) is 1.45. The quantitative estimate of drug-likeness (QED) is 0.226. The van der Waals surface area contributed by atoms with Crippen LogP contribution in [-0.4, -0.2) is 31.2 Å². The maximum absolute atomic E-state index is 5.42. The molecule has 1 heterocycles. The summed E-state index contributed by atoms with van der Waals surface area (Å²) in [4.78, 5) is 8.39. The van der Waals surface area contributed by atoms with E-state index in [1.807, 2.05) is 25.3 Å². The number of aromatic nitrogens is 1. The van der Waals surface area contributed by atoms with Gasteiger partial charge in [0.25, 0.3) is 0 Å². The number of rotatable bonds is 6. The molecule has 6 heteroatoms. The van der Waals surface area contributed by atoms with Crippen molar-refractivity contribution in [2.45, 2.75) is 19.4 Å². The van der Waals surface area contributed by atoms with E-state index < -0.39 is 0 Å². The highest BCUT2D eigenvalue weighted by atomic mass is 16.5. The van der Waals surface area contributed by atoms with Crippen molar-refractivity contribution in [1.29, 1.82) is 0 Å². The van der Waals surface area contributed by atoms with Gasteiger partial charge in [-0.2, -0.15) is 0 Å². The number of ether oxygens (including phenoxy) is 1. The molecular weight excluding hydrogens is 230 g/mol. The third-order valence-corrected chi connectivity index (χ3v) is 2.45. The van der Waals surface area contributed by atoms with Gasteiger partial charge in [0, 0.05) is 32.7 Å². The highest BCUT2D eigenvalue weighted by molar-refractivity contribution is 5.79. The van der Waals surface area contributed by atoms with Gasteiger partial charge in [0.2, 0.25) is 5.96 Å². The van der Waals surface area contributed by atoms with Crippen molar-refractivity contribution in [2.24, 2.45) is 10.8 Å². The summed E-state index contributed by atoms with van der Waals surface area (Å²) < 4.78 is 4.96. The van der Waals surface area contributed by atoms with Crippen LogP contribution in [-0.2, 0) is 4.74 Å². The molecule has 0 radical (unpaired) electrons. The van der Waals surface area contributed by atoms with Gasteiger partial charge in [-0.3, -0.25) is 15.4 Å². The van der Waals surface area contributed by atoms with Gasteiger partial charge in [-0.15, -0.1) is 0 Å². The van der Waals surface area contributed by atoms with Gasteiger partial charge >= 0.3 is 0 Å². The van der Waals surface area contributed by atoms with Crippen LogP contribution in [0.3, 0.4) is 0 Å². The van der Waals surface area contributed by atoms with Crippen LogP contribution in [0.2, 0.25) is 0 Å². The van der Waals surface area contributed by atoms with Crippen molar-refractivity contribution in [2.75, 3.05) is 20.3 Å². The lowest BCUT2D eigenvalue weighted by Crippen LogP contribution is -2.42. The molecule has 0 aliphatic heterocycles. The molecule has 100 valence electrons. The molecule has 0 saturated carbocycles. The average molecular weight is 251 g/mol. The number of nitrogens with one attached hydrogen (secondary N) is 2. The summed E-state index contributed by atoms with van der Waals surface area (Å²) in [6, 6.07) is 4.00. The van der Waals surface area contributed by atoms with E-state index in [0.717, 1.165) is 12.0 Å². The number of methoxy groups -OCH3 is 1. The summed E-state index contributed by atoms with van der Waals surface area (Å²) in [7, 11) is 1.68. The number of nitrogens with zero attached hydrogens (tertiary/aromatic N) is 2. The Hall–Kier alpha value is -1.66. The van der Waals surface area contributed by atoms with E-state index in [1.54, 1.807) is 13.3 Å². The van der Waals surface area contributed by atoms with Gasteiger partial charge in [0.15, 0.2) is 0 Å². The first kappa shape index (κ1) is 14.4. The maximum Gasteiger partial charge on any atom is 0.206 e. The number of aliphatic imine (C=N–C) groups is 1. The molecule has 0 fully saturated rings. The second-order valence-electron chi connectivity index (χ2n) is 3.87. The van der Waals surface area contributed by atoms with E-state index in [-0.39, 0.29) is 6.04 Å². The molecule has 1 atom stereocenters. The third kappa shape index (κ3) is 5.11. The lowest BCUT2D eigenvalue weighted by molar-refractivity contribution is 0.197. The molecular formula is C12H21N5O. The zero-order valence-electron chi connectivity index (χ0n) is 10.9. The second kappa shape index (κ2) is 8.43. The summed E-state index contributed by atoms with van der Waals surface area (Å²) in [5, 5.41) is 3.19. The van der Waals surface area contributed by atoms with Gasteiger partial charge in [-0.05, 0) is 25.0 Å². The van der Waals surface area contributed by atoms with Crippen molar-refractivity contribution >= 4 is 5.96 Å². The largest absolute Gasteiger partial charge is 0.385 e. The summed E-state index contributed by atoms with van der Waals surface area (Å²) in [6.45, 7) is 3.39. The molecule has 1 unspecified atom stereocenters. The van der Waals surface area contributed by atoms with Crippen LogP contribution in [0.5, 0.6) is 0 Å². The van der Waals surface area contributed by atoms with Crippen LogP contribution in [0.4, 0.5) is 0 Å². The van der Waals surface area contributed by atoms with Crippen LogP contribution in [0.25, 0.3) is 0 Å². The second-order valence-corrected chi connectivity index (χ2v) is 3.87. The molecule has 1 rings (SSSR count). The number of guanidine groups is 1. The summed E-state index contributed by atoms with van der Waals surface area (Å²) in [5.41, 5.74) is 3.64. The van der Waals surface area contributed by atoms with Crippen LogP contribution >= 0.6 is 0 Å². The highest BCUT2D eigenvalue weighted by Gasteiger charge is 2.06. The normalized spacial score (nSPS) is 13.2. The lowest BCUT2D eigenvalue weighted by atomic mass is 10.1. The molecule has 0 aliphatic rings. The fourth-order valence-corrected chi connectivity index (χ4v) is 1.45. The zero-order chi connectivity index (χ0) is 13.2. The van der Waals surface area contributed by atoms with E-state index in [2.05, 4.69) is 20.7 Å². The molecule has 0 amide bonds. The Morgan fingerprint density at radius 1 is 1.61 bits per heavy atom.